The van der Waals surface area contributed by atoms with Crippen LogP contribution >= 0.6 is 15.9 Å². The highest BCUT2D eigenvalue weighted by Crippen LogP contribution is 2.34. The van der Waals surface area contributed by atoms with Gasteiger partial charge >= 0.3 is 0 Å². The molecule has 0 aliphatic carbocycles. The highest BCUT2D eigenvalue weighted by Gasteiger charge is 2.20. The van der Waals surface area contributed by atoms with Crippen LogP contribution in [0.1, 0.15) is 35.1 Å². The van der Waals surface area contributed by atoms with E-state index in [9.17, 15) is 0 Å². The molecule has 0 radical (unpaired) electrons. The van der Waals surface area contributed by atoms with Crippen molar-refractivity contribution in [3.8, 4) is 0 Å². The first-order valence-electron chi connectivity index (χ1n) is 6.35. The van der Waals surface area contributed by atoms with E-state index in [-0.39, 0.29) is 0 Å². The van der Waals surface area contributed by atoms with E-state index in [2.05, 4.69) is 85.2 Å². The number of hydrogen-bond acceptors (Lipinski definition) is 0. The molecule has 94 valence electrons. The molecule has 0 heterocycles. The Morgan fingerprint density at radius 1 is 0.944 bits per heavy atom. The van der Waals surface area contributed by atoms with Gasteiger partial charge in [-0.15, -0.1) is 0 Å². The smallest absolute Gasteiger partial charge is 0.0227 e. The average Bonchev–Trinajstić information content (AvgIpc) is 2.35. The van der Waals surface area contributed by atoms with Gasteiger partial charge in [0.15, 0.2) is 0 Å². The van der Waals surface area contributed by atoms with Crippen LogP contribution in [0, 0.1) is 13.8 Å². The van der Waals surface area contributed by atoms with Gasteiger partial charge in [0.05, 0.1) is 0 Å². The number of rotatable bonds is 3. The molecule has 2 aromatic rings. The van der Waals surface area contributed by atoms with Crippen molar-refractivity contribution in [2.24, 2.45) is 0 Å². The Bertz CT molecular complexity index is 514. The van der Waals surface area contributed by atoms with Crippen LogP contribution in [0.4, 0.5) is 0 Å². The summed E-state index contributed by atoms with van der Waals surface area (Å²) in [6.07, 6.45) is 0. The number of hydrogen-bond donors (Lipinski definition) is 0. The van der Waals surface area contributed by atoms with Crippen LogP contribution in [0.5, 0.6) is 0 Å². The Hall–Kier alpha value is -1.08. The summed E-state index contributed by atoms with van der Waals surface area (Å²) in [6, 6.07) is 17.4. The van der Waals surface area contributed by atoms with Gasteiger partial charge in [0.25, 0.3) is 0 Å². The highest BCUT2D eigenvalue weighted by molar-refractivity contribution is 9.09. The molecule has 0 bridgehead atoms. The van der Waals surface area contributed by atoms with Crippen LogP contribution in [-0.4, -0.2) is 4.83 Å². The van der Waals surface area contributed by atoms with Crippen molar-refractivity contribution < 1.29 is 0 Å². The molecule has 0 aliphatic heterocycles. The zero-order valence-electron chi connectivity index (χ0n) is 11.2. The van der Waals surface area contributed by atoms with E-state index in [1.807, 2.05) is 0 Å². The molecule has 0 saturated carbocycles. The molecule has 0 spiro atoms. The van der Waals surface area contributed by atoms with Gasteiger partial charge in [0.1, 0.15) is 0 Å². The summed E-state index contributed by atoms with van der Waals surface area (Å²) in [7, 11) is 0. The summed E-state index contributed by atoms with van der Waals surface area (Å²) in [6.45, 7) is 6.57. The van der Waals surface area contributed by atoms with Gasteiger partial charge < -0.3 is 0 Å². The molecular formula is C17H19Br. The summed E-state index contributed by atoms with van der Waals surface area (Å²) in [5.74, 6) is 0.408. The summed E-state index contributed by atoms with van der Waals surface area (Å²) in [4.78, 5) is 0.417. The van der Waals surface area contributed by atoms with Crippen molar-refractivity contribution in [2.75, 3.05) is 0 Å². The Labute approximate surface area is 118 Å². The third-order valence-corrected chi connectivity index (χ3v) is 3.92. The fraction of sp³-hybridized carbons (Fsp3) is 0.294. The van der Waals surface area contributed by atoms with E-state index in [1.54, 1.807) is 0 Å². The first kappa shape index (κ1) is 13.4. The monoisotopic (exact) mass is 302 g/mol. The molecule has 2 atom stereocenters. The van der Waals surface area contributed by atoms with Crippen LogP contribution in [0.25, 0.3) is 0 Å². The first-order valence-corrected chi connectivity index (χ1v) is 7.27. The standard InChI is InChI=1S/C17H19Br/c1-12-9-10-13(2)16(11-12)17(14(3)18)15-7-5-4-6-8-15/h4-11,14,17H,1-3H3. The Morgan fingerprint density at radius 2 is 1.61 bits per heavy atom. The quantitative estimate of drug-likeness (QED) is 0.682. The molecule has 2 unspecified atom stereocenters. The number of aryl methyl sites for hydroxylation is 2. The molecule has 0 nitrogen and oxygen atoms in total. The summed E-state index contributed by atoms with van der Waals surface area (Å²) in [5, 5.41) is 0. The van der Waals surface area contributed by atoms with E-state index in [4.69, 9.17) is 0 Å². The molecule has 0 saturated heterocycles. The number of alkyl halides is 1. The van der Waals surface area contributed by atoms with Crippen LogP contribution in [0.3, 0.4) is 0 Å². The summed E-state index contributed by atoms with van der Waals surface area (Å²) in [5.41, 5.74) is 5.48. The van der Waals surface area contributed by atoms with Gasteiger partial charge in [-0.05, 0) is 30.5 Å². The lowest BCUT2D eigenvalue weighted by atomic mass is 9.86. The molecule has 2 rings (SSSR count). The molecule has 0 aromatic heterocycles. The fourth-order valence-electron chi connectivity index (χ4n) is 2.45. The van der Waals surface area contributed by atoms with Gasteiger partial charge in [-0.25, -0.2) is 0 Å². The molecule has 18 heavy (non-hydrogen) atoms. The van der Waals surface area contributed by atoms with E-state index >= 15 is 0 Å². The van der Waals surface area contributed by atoms with Crippen molar-refractivity contribution in [3.63, 3.8) is 0 Å². The van der Waals surface area contributed by atoms with Crippen molar-refractivity contribution >= 4 is 15.9 Å². The van der Waals surface area contributed by atoms with Crippen LogP contribution in [0.15, 0.2) is 48.5 Å². The molecule has 2 aromatic carbocycles. The number of benzene rings is 2. The fourth-order valence-corrected chi connectivity index (χ4v) is 3.04. The lowest BCUT2D eigenvalue weighted by Crippen LogP contribution is -2.12. The van der Waals surface area contributed by atoms with E-state index < -0.39 is 0 Å². The molecule has 0 fully saturated rings. The lowest BCUT2D eigenvalue weighted by molar-refractivity contribution is 0.799. The van der Waals surface area contributed by atoms with E-state index in [0.29, 0.717) is 10.7 Å². The normalized spacial score (nSPS) is 14.2. The minimum atomic E-state index is 0.408. The van der Waals surface area contributed by atoms with Crippen LogP contribution in [-0.2, 0) is 0 Å². The van der Waals surface area contributed by atoms with Gasteiger partial charge in [-0.1, -0.05) is 76.9 Å². The number of halogens is 1. The maximum absolute atomic E-state index is 3.77. The Balaban J connectivity index is 2.52. The third-order valence-electron chi connectivity index (χ3n) is 3.39. The largest absolute Gasteiger partial charge is 0.0883 e. The van der Waals surface area contributed by atoms with Crippen molar-refractivity contribution in [1.82, 2.24) is 0 Å². The minimum absolute atomic E-state index is 0.408. The molecule has 0 aliphatic rings. The van der Waals surface area contributed by atoms with Gasteiger partial charge in [0, 0.05) is 10.7 Å². The minimum Gasteiger partial charge on any atom is -0.0883 e. The van der Waals surface area contributed by atoms with E-state index in [0.717, 1.165) is 0 Å². The average molecular weight is 303 g/mol. The predicted octanol–water partition coefficient (Wildman–Crippen LogP) is 5.22. The van der Waals surface area contributed by atoms with Gasteiger partial charge in [0.2, 0.25) is 0 Å². The van der Waals surface area contributed by atoms with Crippen molar-refractivity contribution in [3.05, 3.63) is 70.8 Å². The summed E-state index contributed by atoms with van der Waals surface area (Å²) < 4.78 is 0. The molecule has 1 heteroatoms. The first-order chi connectivity index (χ1) is 8.59. The van der Waals surface area contributed by atoms with Gasteiger partial charge in [-0.3, -0.25) is 0 Å². The second-order valence-corrected chi connectivity index (χ2v) is 6.37. The van der Waals surface area contributed by atoms with Crippen molar-refractivity contribution in [2.45, 2.75) is 31.5 Å². The predicted molar refractivity (Wildman–Crippen MR) is 82.6 cm³/mol. The second-order valence-electron chi connectivity index (χ2n) is 4.93. The SMILES string of the molecule is Cc1ccc(C)c(C(c2ccccc2)C(C)Br)c1. The molecule has 0 N–H and O–H groups in total. The lowest BCUT2D eigenvalue weighted by Gasteiger charge is -2.23. The van der Waals surface area contributed by atoms with Crippen LogP contribution in [0.2, 0.25) is 0 Å². The van der Waals surface area contributed by atoms with Gasteiger partial charge in [-0.2, -0.15) is 0 Å². The maximum Gasteiger partial charge on any atom is 0.0227 e. The second kappa shape index (κ2) is 5.71. The zero-order chi connectivity index (χ0) is 13.1. The topological polar surface area (TPSA) is 0 Å². The Kier molecular flexibility index (Phi) is 4.23. The third kappa shape index (κ3) is 2.84. The highest BCUT2D eigenvalue weighted by atomic mass is 79.9. The Morgan fingerprint density at radius 3 is 2.22 bits per heavy atom. The van der Waals surface area contributed by atoms with Crippen LogP contribution < -0.4 is 0 Å². The summed E-state index contributed by atoms with van der Waals surface area (Å²) >= 11 is 3.77. The molecular weight excluding hydrogens is 284 g/mol. The van der Waals surface area contributed by atoms with E-state index in [1.165, 1.54) is 22.3 Å². The maximum atomic E-state index is 3.77. The van der Waals surface area contributed by atoms with Crippen molar-refractivity contribution in [1.29, 1.82) is 0 Å². The molecule has 0 amide bonds. The zero-order valence-corrected chi connectivity index (χ0v) is 12.7.